The van der Waals surface area contributed by atoms with Crippen LogP contribution in [-0.4, -0.2) is 29.7 Å². The Labute approximate surface area is 130 Å². The van der Waals surface area contributed by atoms with Gasteiger partial charge in [-0.1, -0.05) is 34.1 Å². The first kappa shape index (κ1) is 18.6. The average Bonchev–Trinajstić information content (AvgIpc) is 2.45. The molecule has 3 unspecified atom stereocenters. The molecule has 0 bridgehead atoms. The second kappa shape index (κ2) is 8.89. The highest BCUT2D eigenvalue weighted by atomic mass is 16.5. The number of aliphatic hydroxyl groups is 1. The van der Waals surface area contributed by atoms with Crippen LogP contribution in [-0.2, 0) is 9.53 Å². The molecule has 0 amide bonds. The summed E-state index contributed by atoms with van der Waals surface area (Å²) >= 11 is 0. The topological polar surface area (TPSA) is 46.5 Å². The monoisotopic (exact) mass is 298 g/mol. The van der Waals surface area contributed by atoms with Crippen molar-refractivity contribution in [1.82, 2.24) is 0 Å². The molecule has 0 aromatic carbocycles. The predicted molar refractivity (Wildman–Crippen MR) is 86.1 cm³/mol. The van der Waals surface area contributed by atoms with Crippen LogP contribution in [0.3, 0.4) is 0 Å². The van der Waals surface area contributed by atoms with Crippen molar-refractivity contribution in [2.45, 2.75) is 85.0 Å². The molecule has 0 spiro atoms. The van der Waals surface area contributed by atoms with E-state index in [0.29, 0.717) is 24.0 Å². The first-order valence-corrected chi connectivity index (χ1v) is 8.69. The van der Waals surface area contributed by atoms with Gasteiger partial charge >= 0.3 is 0 Å². The highest BCUT2D eigenvalue weighted by molar-refractivity contribution is 5.53. The molecule has 0 radical (unpaired) electrons. The Morgan fingerprint density at radius 3 is 2.38 bits per heavy atom. The molecule has 0 aromatic rings. The number of hydrogen-bond acceptors (Lipinski definition) is 3. The van der Waals surface area contributed by atoms with Gasteiger partial charge < -0.3 is 14.6 Å². The number of aldehydes is 1. The number of ether oxygens (including phenoxy) is 1. The molecule has 6 atom stereocenters. The van der Waals surface area contributed by atoms with E-state index in [2.05, 4.69) is 27.7 Å². The third-order valence-electron chi connectivity index (χ3n) is 5.17. The van der Waals surface area contributed by atoms with Crippen molar-refractivity contribution in [1.29, 1.82) is 0 Å². The number of rotatable bonds is 8. The Kier molecular flexibility index (Phi) is 7.89. The van der Waals surface area contributed by atoms with Crippen molar-refractivity contribution in [2.75, 3.05) is 0 Å². The summed E-state index contributed by atoms with van der Waals surface area (Å²) in [6.45, 7) is 10.5. The van der Waals surface area contributed by atoms with E-state index in [0.717, 1.165) is 32.0 Å². The van der Waals surface area contributed by atoms with Crippen LogP contribution in [0.5, 0.6) is 0 Å². The lowest BCUT2D eigenvalue weighted by molar-refractivity contribution is -0.116. The Balaban J connectivity index is 2.75. The number of carbonyl (C=O) groups is 1. The first-order valence-electron chi connectivity index (χ1n) is 8.69. The van der Waals surface area contributed by atoms with Crippen LogP contribution in [0.4, 0.5) is 0 Å². The number of hydrogen-bond donors (Lipinski definition) is 1. The lowest BCUT2D eigenvalue weighted by Gasteiger charge is -2.38. The lowest BCUT2D eigenvalue weighted by atomic mass is 9.72. The number of aliphatic hydroxyl groups excluding tert-OH is 1. The molecule has 1 aliphatic heterocycles. The van der Waals surface area contributed by atoms with Crippen LogP contribution in [0.1, 0.15) is 66.7 Å². The van der Waals surface area contributed by atoms with Crippen LogP contribution in [0.2, 0.25) is 0 Å². The summed E-state index contributed by atoms with van der Waals surface area (Å²) in [6.07, 6.45) is 6.44. The molecule has 124 valence electrons. The smallest absolute Gasteiger partial charge is 0.125 e. The van der Waals surface area contributed by atoms with Gasteiger partial charge in [0.25, 0.3) is 0 Å². The second-order valence-corrected chi connectivity index (χ2v) is 7.20. The van der Waals surface area contributed by atoms with Gasteiger partial charge in [-0.3, -0.25) is 0 Å². The minimum absolute atomic E-state index is 0.172. The predicted octanol–water partition coefficient (Wildman–Crippen LogP) is 3.83. The zero-order valence-electron chi connectivity index (χ0n) is 14.4. The van der Waals surface area contributed by atoms with E-state index in [4.69, 9.17) is 4.74 Å². The second-order valence-electron chi connectivity index (χ2n) is 7.20. The van der Waals surface area contributed by atoms with Gasteiger partial charge in [-0.2, -0.15) is 0 Å². The Morgan fingerprint density at radius 2 is 1.90 bits per heavy atom. The van der Waals surface area contributed by atoms with E-state index in [1.165, 1.54) is 6.42 Å². The van der Waals surface area contributed by atoms with E-state index in [9.17, 15) is 9.90 Å². The average molecular weight is 298 g/mol. The van der Waals surface area contributed by atoms with Crippen molar-refractivity contribution in [3.63, 3.8) is 0 Å². The van der Waals surface area contributed by atoms with Crippen molar-refractivity contribution in [2.24, 2.45) is 23.7 Å². The zero-order chi connectivity index (χ0) is 16.0. The highest BCUT2D eigenvalue weighted by Gasteiger charge is 2.34. The Bertz CT molecular complexity index is 303. The summed E-state index contributed by atoms with van der Waals surface area (Å²) < 4.78 is 6.08. The molecule has 3 heteroatoms. The van der Waals surface area contributed by atoms with Crippen LogP contribution in [0.25, 0.3) is 0 Å². The van der Waals surface area contributed by atoms with E-state index in [1.807, 2.05) is 6.92 Å². The standard InChI is InChI=1S/C18H34O3/c1-6-16(18(20)13(4)11-19)17(12(2)3)10-15-9-7-8-14(5)21-15/h11-18,20H,6-10H2,1-5H3/t13?,14-,15+,16?,17-,18?/m0/s1. The summed E-state index contributed by atoms with van der Waals surface area (Å²) in [7, 11) is 0. The van der Waals surface area contributed by atoms with Crippen molar-refractivity contribution < 1.29 is 14.6 Å². The van der Waals surface area contributed by atoms with E-state index in [-0.39, 0.29) is 11.8 Å². The highest BCUT2D eigenvalue weighted by Crippen LogP contribution is 2.35. The first-order chi connectivity index (χ1) is 9.90. The summed E-state index contributed by atoms with van der Waals surface area (Å²) in [5.74, 6) is 0.778. The maximum absolute atomic E-state index is 11.0. The summed E-state index contributed by atoms with van der Waals surface area (Å²) in [5, 5.41) is 10.5. The van der Waals surface area contributed by atoms with Crippen LogP contribution >= 0.6 is 0 Å². The van der Waals surface area contributed by atoms with Gasteiger partial charge in [0.2, 0.25) is 0 Å². The fourth-order valence-electron chi connectivity index (χ4n) is 3.78. The largest absolute Gasteiger partial charge is 0.392 e. The third kappa shape index (κ3) is 5.37. The fourth-order valence-corrected chi connectivity index (χ4v) is 3.78. The minimum atomic E-state index is -0.541. The van der Waals surface area contributed by atoms with Gasteiger partial charge in [0.05, 0.1) is 18.3 Å². The van der Waals surface area contributed by atoms with E-state index in [1.54, 1.807) is 0 Å². The zero-order valence-corrected chi connectivity index (χ0v) is 14.4. The molecule has 0 aliphatic carbocycles. The van der Waals surface area contributed by atoms with Gasteiger partial charge in [-0.25, -0.2) is 0 Å². The molecule has 1 heterocycles. The van der Waals surface area contributed by atoms with Crippen LogP contribution in [0, 0.1) is 23.7 Å². The van der Waals surface area contributed by atoms with Gasteiger partial charge in [0.15, 0.2) is 0 Å². The van der Waals surface area contributed by atoms with Gasteiger partial charge in [-0.15, -0.1) is 0 Å². The van der Waals surface area contributed by atoms with Crippen LogP contribution in [0.15, 0.2) is 0 Å². The van der Waals surface area contributed by atoms with Gasteiger partial charge in [0, 0.05) is 5.92 Å². The van der Waals surface area contributed by atoms with Crippen molar-refractivity contribution in [3.8, 4) is 0 Å². The van der Waals surface area contributed by atoms with Gasteiger partial charge in [-0.05, 0) is 50.4 Å². The molecule has 1 fully saturated rings. The van der Waals surface area contributed by atoms with E-state index < -0.39 is 6.10 Å². The molecule has 21 heavy (non-hydrogen) atoms. The molecular formula is C18H34O3. The summed E-state index contributed by atoms with van der Waals surface area (Å²) in [5.41, 5.74) is 0. The Morgan fingerprint density at radius 1 is 1.24 bits per heavy atom. The molecule has 1 aliphatic rings. The molecule has 1 rings (SSSR count). The quantitative estimate of drug-likeness (QED) is 0.693. The maximum atomic E-state index is 11.0. The minimum Gasteiger partial charge on any atom is -0.392 e. The number of carbonyl (C=O) groups excluding carboxylic acids is 1. The van der Waals surface area contributed by atoms with E-state index >= 15 is 0 Å². The molecule has 1 N–H and O–H groups in total. The summed E-state index contributed by atoms with van der Waals surface area (Å²) in [6, 6.07) is 0. The molecule has 1 saturated heterocycles. The van der Waals surface area contributed by atoms with Gasteiger partial charge in [0.1, 0.15) is 6.29 Å². The fraction of sp³-hybridized carbons (Fsp3) is 0.944. The summed E-state index contributed by atoms with van der Waals surface area (Å²) in [4.78, 5) is 11.0. The third-order valence-corrected chi connectivity index (χ3v) is 5.17. The van der Waals surface area contributed by atoms with Crippen molar-refractivity contribution >= 4 is 6.29 Å². The molecule has 0 saturated carbocycles. The molecule has 0 aromatic heterocycles. The SMILES string of the molecule is CCC(C(O)C(C)C=O)[C@@H](C[C@H]1CCC[C@H](C)O1)C(C)C. The molecule has 3 nitrogen and oxygen atoms in total. The normalized spacial score (nSPS) is 28.9. The molecular weight excluding hydrogens is 264 g/mol. The van der Waals surface area contributed by atoms with Crippen molar-refractivity contribution in [3.05, 3.63) is 0 Å². The maximum Gasteiger partial charge on any atom is 0.125 e. The Hall–Kier alpha value is -0.410. The van der Waals surface area contributed by atoms with Crippen LogP contribution < -0.4 is 0 Å². The lowest BCUT2D eigenvalue weighted by Crippen LogP contribution is -2.38.